The molecule has 0 saturated carbocycles. The molecular formula is C9H15N. The molecule has 0 atom stereocenters. The van der Waals surface area contributed by atoms with E-state index in [9.17, 15) is 0 Å². The zero-order valence-corrected chi connectivity index (χ0v) is 6.67. The third-order valence-corrected chi connectivity index (χ3v) is 1.12. The van der Waals surface area contributed by atoms with E-state index < -0.39 is 0 Å². The van der Waals surface area contributed by atoms with Crippen LogP contribution in [0.25, 0.3) is 0 Å². The van der Waals surface area contributed by atoms with E-state index >= 15 is 0 Å². The molecule has 0 amide bonds. The Balaban J connectivity index is 4.04. The highest BCUT2D eigenvalue weighted by atomic mass is 14.5. The van der Waals surface area contributed by atoms with Gasteiger partial charge in [0.1, 0.15) is 0 Å². The molecule has 2 N–H and O–H groups in total. The first-order valence-corrected chi connectivity index (χ1v) is 3.49. The molecule has 0 saturated heterocycles. The van der Waals surface area contributed by atoms with Gasteiger partial charge in [0.25, 0.3) is 0 Å². The monoisotopic (exact) mass is 137 g/mol. The third kappa shape index (κ3) is 4.10. The van der Waals surface area contributed by atoms with Crippen molar-refractivity contribution in [1.82, 2.24) is 0 Å². The lowest BCUT2D eigenvalue weighted by Crippen LogP contribution is -2.00. The number of hydrogen-bond acceptors (Lipinski definition) is 1. The van der Waals surface area contributed by atoms with Gasteiger partial charge >= 0.3 is 0 Å². The van der Waals surface area contributed by atoms with Crippen molar-refractivity contribution in [1.29, 1.82) is 0 Å². The summed E-state index contributed by atoms with van der Waals surface area (Å²) in [5.41, 5.74) is 6.60. The van der Waals surface area contributed by atoms with E-state index in [0.717, 1.165) is 5.57 Å². The van der Waals surface area contributed by atoms with Crippen molar-refractivity contribution in [3.63, 3.8) is 0 Å². The number of hydrogen-bond donors (Lipinski definition) is 1. The van der Waals surface area contributed by atoms with Crippen LogP contribution in [0.15, 0.2) is 36.0 Å². The quantitative estimate of drug-likeness (QED) is 0.592. The van der Waals surface area contributed by atoms with E-state index in [2.05, 4.69) is 0 Å². The van der Waals surface area contributed by atoms with Gasteiger partial charge in [0.05, 0.1) is 0 Å². The first kappa shape index (κ1) is 9.18. The fraction of sp³-hybridized carbons (Fsp3) is 0.333. The predicted molar refractivity (Wildman–Crippen MR) is 46.8 cm³/mol. The first-order chi connectivity index (χ1) is 4.85. The lowest BCUT2D eigenvalue weighted by atomic mass is 10.2. The molecule has 0 rings (SSSR count). The highest BCUT2D eigenvalue weighted by molar-refractivity contribution is 5.24. The molecule has 0 aliphatic carbocycles. The smallest absolute Gasteiger partial charge is 0.0177 e. The van der Waals surface area contributed by atoms with Crippen molar-refractivity contribution in [3.05, 3.63) is 36.0 Å². The zero-order chi connectivity index (χ0) is 7.82. The number of rotatable bonds is 3. The van der Waals surface area contributed by atoms with E-state index in [1.807, 2.05) is 44.2 Å². The Hall–Kier alpha value is -0.820. The van der Waals surface area contributed by atoms with Gasteiger partial charge in [-0.1, -0.05) is 30.4 Å². The molecule has 1 heteroatoms. The lowest BCUT2D eigenvalue weighted by molar-refractivity contribution is 1.18. The van der Waals surface area contributed by atoms with Crippen LogP contribution >= 0.6 is 0 Å². The van der Waals surface area contributed by atoms with Crippen molar-refractivity contribution >= 4 is 0 Å². The van der Waals surface area contributed by atoms with Gasteiger partial charge in [-0.05, 0) is 19.4 Å². The Morgan fingerprint density at radius 3 is 2.40 bits per heavy atom. The second-order valence-corrected chi connectivity index (χ2v) is 1.97. The van der Waals surface area contributed by atoms with E-state index in [-0.39, 0.29) is 0 Å². The highest BCUT2D eigenvalue weighted by Crippen LogP contribution is 1.93. The Labute approximate surface area is 62.9 Å². The van der Waals surface area contributed by atoms with Crippen molar-refractivity contribution < 1.29 is 0 Å². The number of nitrogens with two attached hydrogens (primary N) is 1. The molecule has 0 radical (unpaired) electrons. The molecule has 0 heterocycles. The van der Waals surface area contributed by atoms with Crippen LogP contribution in [-0.4, -0.2) is 6.54 Å². The van der Waals surface area contributed by atoms with Gasteiger partial charge in [0.2, 0.25) is 0 Å². The van der Waals surface area contributed by atoms with Crippen molar-refractivity contribution in [2.45, 2.75) is 13.8 Å². The van der Waals surface area contributed by atoms with Crippen LogP contribution in [0.3, 0.4) is 0 Å². The molecular weight excluding hydrogens is 122 g/mol. The summed E-state index contributed by atoms with van der Waals surface area (Å²) in [6.45, 7) is 4.58. The van der Waals surface area contributed by atoms with Gasteiger partial charge in [-0.25, -0.2) is 0 Å². The van der Waals surface area contributed by atoms with Crippen LogP contribution in [0.1, 0.15) is 13.8 Å². The molecule has 0 bridgehead atoms. The molecule has 0 aromatic rings. The SMILES string of the molecule is C\C=C/C=C(\C=C/C)CN. The van der Waals surface area contributed by atoms with Gasteiger partial charge in [-0.15, -0.1) is 0 Å². The second kappa shape index (κ2) is 6.30. The average molecular weight is 137 g/mol. The maximum atomic E-state index is 5.45. The van der Waals surface area contributed by atoms with Gasteiger partial charge in [-0.3, -0.25) is 0 Å². The molecule has 0 fully saturated rings. The van der Waals surface area contributed by atoms with Crippen molar-refractivity contribution in [2.75, 3.05) is 6.54 Å². The predicted octanol–water partition coefficient (Wildman–Crippen LogP) is 2.02. The molecule has 1 nitrogen and oxygen atoms in total. The normalized spacial score (nSPS) is 13.7. The summed E-state index contributed by atoms with van der Waals surface area (Å²) in [6.07, 6.45) is 9.99. The summed E-state index contributed by atoms with van der Waals surface area (Å²) in [4.78, 5) is 0. The van der Waals surface area contributed by atoms with Crippen LogP contribution in [0, 0.1) is 0 Å². The van der Waals surface area contributed by atoms with Crippen LogP contribution in [0.4, 0.5) is 0 Å². The summed E-state index contributed by atoms with van der Waals surface area (Å²) in [5.74, 6) is 0. The van der Waals surface area contributed by atoms with Crippen molar-refractivity contribution in [3.8, 4) is 0 Å². The minimum atomic E-state index is 0.606. The van der Waals surface area contributed by atoms with Gasteiger partial charge in [0, 0.05) is 6.54 Å². The average Bonchev–Trinajstić information content (AvgIpc) is 1.98. The summed E-state index contributed by atoms with van der Waals surface area (Å²) in [6, 6.07) is 0. The molecule has 56 valence electrons. The molecule has 10 heavy (non-hydrogen) atoms. The fourth-order valence-electron chi connectivity index (χ4n) is 0.626. The van der Waals surface area contributed by atoms with E-state index in [1.54, 1.807) is 0 Å². The van der Waals surface area contributed by atoms with Crippen LogP contribution in [0.5, 0.6) is 0 Å². The fourth-order valence-corrected chi connectivity index (χ4v) is 0.626. The van der Waals surface area contributed by atoms with Gasteiger partial charge in [-0.2, -0.15) is 0 Å². The Kier molecular flexibility index (Phi) is 5.79. The lowest BCUT2D eigenvalue weighted by Gasteiger charge is -1.91. The van der Waals surface area contributed by atoms with Crippen LogP contribution < -0.4 is 5.73 Å². The molecule has 0 aliphatic heterocycles. The minimum absolute atomic E-state index is 0.606. The Bertz CT molecular complexity index is 152. The molecule has 0 aromatic carbocycles. The standard InChI is InChI=1S/C9H15N/c1-3-5-7-9(8-10)6-4-2/h3-7H,8,10H2,1-2H3/b5-3-,6-4-,9-7+. The minimum Gasteiger partial charge on any atom is -0.326 e. The topological polar surface area (TPSA) is 26.0 Å². The Morgan fingerprint density at radius 2 is 2.00 bits per heavy atom. The zero-order valence-electron chi connectivity index (χ0n) is 6.67. The first-order valence-electron chi connectivity index (χ1n) is 3.49. The largest absolute Gasteiger partial charge is 0.326 e. The van der Waals surface area contributed by atoms with Crippen LogP contribution in [0.2, 0.25) is 0 Å². The third-order valence-electron chi connectivity index (χ3n) is 1.12. The molecule has 0 unspecified atom stereocenters. The van der Waals surface area contributed by atoms with Crippen molar-refractivity contribution in [2.24, 2.45) is 5.73 Å². The maximum absolute atomic E-state index is 5.45. The molecule has 0 aliphatic rings. The summed E-state index contributed by atoms with van der Waals surface area (Å²) < 4.78 is 0. The summed E-state index contributed by atoms with van der Waals surface area (Å²) >= 11 is 0. The number of allylic oxidation sites excluding steroid dienone is 4. The molecule has 0 spiro atoms. The summed E-state index contributed by atoms with van der Waals surface area (Å²) in [7, 11) is 0. The maximum Gasteiger partial charge on any atom is 0.0177 e. The van der Waals surface area contributed by atoms with Gasteiger partial charge in [0.15, 0.2) is 0 Å². The van der Waals surface area contributed by atoms with Crippen LogP contribution in [-0.2, 0) is 0 Å². The van der Waals surface area contributed by atoms with E-state index in [0.29, 0.717) is 6.54 Å². The second-order valence-electron chi connectivity index (χ2n) is 1.97. The van der Waals surface area contributed by atoms with Gasteiger partial charge < -0.3 is 5.73 Å². The Morgan fingerprint density at radius 1 is 1.30 bits per heavy atom. The van der Waals surface area contributed by atoms with E-state index in [4.69, 9.17) is 5.73 Å². The molecule has 0 aromatic heterocycles. The summed E-state index contributed by atoms with van der Waals surface area (Å²) in [5, 5.41) is 0. The highest BCUT2D eigenvalue weighted by Gasteiger charge is 1.81. The van der Waals surface area contributed by atoms with E-state index in [1.165, 1.54) is 0 Å².